The molecule has 0 aromatic carbocycles. The first-order chi connectivity index (χ1) is 0. The quantitative estimate of drug-likeness (QED) is 0.586. The van der Waals surface area contributed by atoms with Crippen molar-refractivity contribution >= 4 is 0 Å². The van der Waals surface area contributed by atoms with E-state index < -0.39 is 0 Å². The summed E-state index contributed by atoms with van der Waals surface area (Å²) in [6, 6.07) is 0. The van der Waals surface area contributed by atoms with Crippen LogP contribution in [0.4, 0.5) is 0 Å². The Kier molecular flexibility index (Phi) is 32.9. The fourth-order valence-electron chi connectivity index (χ4n) is 0. The Morgan fingerprint density at radius 1 is 0.400 bits per heavy atom. The van der Waals surface area contributed by atoms with Gasteiger partial charge in [0.15, 0.2) is 0 Å². The maximum Gasteiger partial charge on any atom is 0 e. The number of hydrogen-bond acceptors (Lipinski definition) is 4. The molecule has 4 N–H and O–H groups in total. The van der Waals surface area contributed by atoms with Gasteiger partial charge >= 0.3 is 0 Å². The van der Waals surface area contributed by atoms with Gasteiger partial charge in [0.1, 0.15) is 0 Å². The third kappa shape index (κ3) is 1.49. The molecule has 5 heavy (non-hydrogen) atoms. The van der Waals surface area contributed by atoms with Crippen LogP contribution in [0.2, 0.25) is 0 Å². The van der Waals surface area contributed by atoms with Crippen LogP contribution in [0.25, 0.3) is 0 Å². The smallest absolute Gasteiger partial charge is 0 e. The summed E-state index contributed by atoms with van der Waals surface area (Å²) in [5, 5.41) is 0. The van der Waals surface area contributed by atoms with E-state index in [0.717, 1.165) is 0 Å². The fourth-order valence-corrected chi connectivity index (χ4v) is 0. The van der Waals surface area contributed by atoms with Crippen LogP contribution in [-0.4, -0.2) is 21.9 Å². The van der Waals surface area contributed by atoms with Gasteiger partial charge in [-0.05, 0) is 0 Å². The molecule has 0 heterocycles. The predicted molar refractivity (Wildman–Crippen MR) is 7.74 cm³/mol. The summed E-state index contributed by atoms with van der Waals surface area (Å²) in [4.78, 5) is 0. The molecule has 0 aromatic heterocycles. The molecule has 4 nitrogen and oxygen atoms in total. The zero-order valence-corrected chi connectivity index (χ0v) is 5.09. The fraction of sp³-hybridized carbons (Fsp3) is 0. The Balaban J connectivity index is 0. The second-order valence-corrected chi connectivity index (χ2v) is 0. The molecule has 0 amide bonds. The summed E-state index contributed by atoms with van der Waals surface area (Å²) in [5.74, 6) is 0. The molecule has 0 aliphatic heterocycles. The Morgan fingerprint density at radius 2 is 0.400 bits per heavy atom. The molecule has 0 fully saturated rings. The Hall–Kier alpha value is -1.16. The van der Waals surface area contributed by atoms with E-state index in [-0.39, 0.29) is 21.9 Å². The number of hydrogen-bond donors (Lipinski definition) is 0. The van der Waals surface area contributed by atoms with Crippen LogP contribution < -0.4 is 0 Å². The van der Waals surface area contributed by atoms with Gasteiger partial charge in [-0.15, -0.1) is 0 Å². The Bertz CT molecular complexity index is 3.61. The zero-order chi connectivity index (χ0) is 0. The predicted octanol–water partition coefficient (Wildman–Crippen LogP) is -0.707. The van der Waals surface area contributed by atoms with Crippen molar-refractivity contribution in [2.45, 2.75) is 0 Å². The normalized spacial score (nSPS) is 0. The van der Waals surface area contributed by atoms with Gasteiger partial charge in [0.05, 0.1) is 0 Å². The van der Waals surface area contributed by atoms with Crippen LogP contribution in [-0.2, 0) is 0 Å². The van der Waals surface area contributed by atoms with Crippen LogP contribution in [0.5, 0.6) is 0 Å². The molecule has 0 radical (unpaired) electrons. The average molecular weight is 315 g/mol. The summed E-state index contributed by atoms with van der Waals surface area (Å²) in [6.45, 7) is 0. The summed E-state index contributed by atoms with van der Waals surface area (Å²) in [7, 11) is 0. The molecular formula is H4CmO4-4. The summed E-state index contributed by atoms with van der Waals surface area (Å²) in [6.07, 6.45) is 0. The minimum absolute atomic E-state index is 0. The van der Waals surface area contributed by atoms with Crippen molar-refractivity contribution in [1.82, 2.24) is 0 Å². The molecule has 0 saturated carbocycles. The zero-order valence-electron chi connectivity index (χ0n) is 2.14. The minimum Gasteiger partial charge on any atom is -0.870 e. The van der Waals surface area contributed by atoms with Gasteiger partial charge in [-0.25, -0.2) is 0 Å². The second kappa shape index (κ2) is 7.15. The van der Waals surface area contributed by atoms with E-state index >= 15 is 0 Å². The topological polar surface area (TPSA) is 120 Å². The van der Waals surface area contributed by atoms with E-state index in [1.807, 2.05) is 0 Å². The molecule has 0 saturated heterocycles. The van der Waals surface area contributed by atoms with Crippen molar-refractivity contribution in [2.75, 3.05) is 0 Å². The van der Waals surface area contributed by atoms with Crippen molar-refractivity contribution < 1.29 is 21.9 Å². The van der Waals surface area contributed by atoms with Crippen LogP contribution in [0.15, 0.2) is 0 Å². The van der Waals surface area contributed by atoms with Crippen LogP contribution in [0.1, 0.15) is 0 Å². The van der Waals surface area contributed by atoms with E-state index in [1.165, 1.54) is 0 Å². The van der Waals surface area contributed by atoms with Crippen molar-refractivity contribution in [1.29, 1.82) is 0 Å². The van der Waals surface area contributed by atoms with Gasteiger partial charge < -0.3 is 21.9 Å². The molecule has 0 atom stereocenters. The van der Waals surface area contributed by atoms with Crippen LogP contribution in [0, 0.1) is 0 Å². The molecule has 40 valence electrons. The standard InChI is InChI=1S/Cm.4H2O/h;4*1H2/p-4. The van der Waals surface area contributed by atoms with Gasteiger partial charge in [0, 0.05) is 0 Å². The largest absolute Gasteiger partial charge is 0.870 e. The van der Waals surface area contributed by atoms with Crippen molar-refractivity contribution in [3.63, 3.8) is 0 Å². The Morgan fingerprint density at radius 3 is 0.400 bits per heavy atom. The van der Waals surface area contributed by atoms with Crippen molar-refractivity contribution in [3.05, 3.63) is 0 Å². The maximum absolute atomic E-state index is 0. The van der Waals surface area contributed by atoms with E-state index in [1.54, 1.807) is 0 Å². The molecule has 0 rings (SSSR count). The molecule has 0 spiro atoms. The van der Waals surface area contributed by atoms with Crippen molar-refractivity contribution in [2.24, 2.45) is 0 Å². The first-order valence-corrected chi connectivity index (χ1v) is 0. The van der Waals surface area contributed by atoms with E-state index in [9.17, 15) is 0 Å². The second-order valence-electron chi connectivity index (χ2n) is 0. The van der Waals surface area contributed by atoms with Crippen molar-refractivity contribution in [3.8, 4) is 0 Å². The Labute approximate surface area is 23.3 Å². The molecule has 5 heteroatoms. The summed E-state index contributed by atoms with van der Waals surface area (Å²) in [5.41, 5.74) is 0. The SMILES string of the molecule is [Cm].[OH-].[OH-].[OH-].[OH-]. The summed E-state index contributed by atoms with van der Waals surface area (Å²) < 4.78 is 0. The van der Waals surface area contributed by atoms with Crippen LogP contribution in [0.3, 0.4) is 0 Å². The molecule has 0 unspecified atom stereocenters. The first kappa shape index (κ1) is 23.0. The molecule has 0 aliphatic rings. The van der Waals surface area contributed by atoms with Gasteiger partial charge in [-0.2, -0.15) is 0 Å². The van der Waals surface area contributed by atoms with E-state index in [0.29, 0.717) is 0 Å². The first-order valence-electron chi connectivity index (χ1n) is 0. The average Bonchev–Trinajstić information content (AvgIpc) is 0. The number of rotatable bonds is 0. The third-order valence-corrected chi connectivity index (χ3v) is 0. The van der Waals surface area contributed by atoms with Gasteiger partial charge in [0.2, 0.25) is 0 Å². The monoisotopic (exact) mass is 311 g/mol. The van der Waals surface area contributed by atoms with Gasteiger partial charge in [0.25, 0.3) is 0 Å². The van der Waals surface area contributed by atoms with E-state index in [4.69, 9.17) is 0 Å². The van der Waals surface area contributed by atoms with Gasteiger partial charge in [-0.3, -0.25) is 0 Å². The third-order valence-electron chi connectivity index (χ3n) is 0. The van der Waals surface area contributed by atoms with Gasteiger partial charge in [-0.1, -0.05) is 0 Å². The van der Waals surface area contributed by atoms with Crippen LogP contribution >= 0.6 is 0 Å². The maximum atomic E-state index is 0. The van der Waals surface area contributed by atoms with E-state index in [2.05, 4.69) is 0 Å². The molecular weight excluding hydrogens is 311 g/mol. The minimum atomic E-state index is 0. The molecule has 0 bridgehead atoms. The molecule has 0 aliphatic carbocycles. The summed E-state index contributed by atoms with van der Waals surface area (Å²) >= 11 is 0. The molecule has 0 aromatic rings.